The van der Waals surface area contributed by atoms with Gasteiger partial charge in [0.25, 0.3) is 11.8 Å². The molecule has 4 aromatic rings. The molecular formula is C113H174N10O16. The van der Waals surface area contributed by atoms with Crippen LogP contribution in [0.25, 0.3) is 0 Å². The zero-order valence-corrected chi connectivity index (χ0v) is 87.7. The number of carbonyl (C=O) groups is 7. The maximum absolute atomic E-state index is 13.6. The molecule has 139 heavy (non-hydrogen) atoms. The van der Waals surface area contributed by atoms with Crippen molar-refractivity contribution in [3.8, 4) is 5.75 Å². The highest BCUT2D eigenvalue weighted by Gasteiger charge is 2.68. The highest BCUT2D eigenvalue weighted by molar-refractivity contribution is 5.95. The third-order valence-electron chi connectivity index (χ3n) is 44.1. The number of methoxy groups -OCH3 is 4. The van der Waals surface area contributed by atoms with Gasteiger partial charge < -0.3 is 54.3 Å². The number of carbonyl (C=O) groups excluding carboxylic acids is 7. The number of aliphatic hydroxyl groups is 4. The average Bonchev–Trinajstić information content (AvgIpc) is 1.67. The van der Waals surface area contributed by atoms with Gasteiger partial charge in [0, 0.05) is 91.8 Å². The summed E-state index contributed by atoms with van der Waals surface area (Å²) in [5.74, 6) is 12.4. The molecule has 4 aromatic heterocycles. The minimum atomic E-state index is -0.663. The number of nitrogens with zero attached hydrogens (tertiary/aromatic N) is 9. The highest BCUT2D eigenvalue weighted by Crippen LogP contribution is 2.74. The number of Topliss-reactive ketones (excluding diaryl/α,β-unsaturated/α-hetero) is 5. The van der Waals surface area contributed by atoms with Crippen molar-refractivity contribution in [3.05, 3.63) is 66.3 Å². The number of ether oxygens (including phenoxy) is 5. The van der Waals surface area contributed by atoms with Gasteiger partial charge in [-0.2, -0.15) is 20.4 Å². The highest BCUT2D eigenvalue weighted by atomic mass is 16.5. The first kappa shape index (κ1) is 104. The Balaban J connectivity index is 0.000000128. The van der Waals surface area contributed by atoms with E-state index in [9.17, 15) is 54.0 Å². The molecule has 16 aliphatic rings. The quantitative estimate of drug-likeness (QED) is 0.0385. The number of aromatic nitrogens is 8. The summed E-state index contributed by atoms with van der Waals surface area (Å²) in [5, 5.41) is 64.2. The summed E-state index contributed by atoms with van der Waals surface area (Å²) in [5.41, 5.74) is 0.452. The van der Waals surface area contributed by atoms with Crippen LogP contribution in [0, 0.1) is 162 Å². The van der Waals surface area contributed by atoms with Crippen molar-refractivity contribution in [1.29, 1.82) is 0 Å². The lowest BCUT2D eigenvalue weighted by atomic mass is 9.44. The Hall–Kier alpha value is -6.39. The summed E-state index contributed by atoms with van der Waals surface area (Å²) in [7, 11) is 11.8. The summed E-state index contributed by atoms with van der Waals surface area (Å²) in [4.78, 5) is 91.3. The molecule has 4 heterocycles. The molecule has 0 aliphatic heterocycles. The Morgan fingerprint density at radius 2 is 0.619 bits per heavy atom. The van der Waals surface area contributed by atoms with Crippen molar-refractivity contribution in [2.45, 2.75) is 349 Å². The molecule has 26 heteroatoms. The van der Waals surface area contributed by atoms with E-state index in [1.807, 2.05) is 13.1 Å². The molecule has 0 radical (unpaired) electrons. The second-order valence-corrected chi connectivity index (χ2v) is 51.1. The number of ketones is 5. The van der Waals surface area contributed by atoms with Crippen molar-refractivity contribution in [1.82, 2.24) is 49.3 Å². The summed E-state index contributed by atoms with van der Waals surface area (Å²) in [6.45, 7) is 26.6. The molecule has 0 bridgehead atoms. The Kier molecular flexibility index (Phi) is 30.0. The molecule has 16 aliphatic carbocycles. The Morgan fingerprint density at radius 1 is 0.353 bits per heavy atom. The van der Waals surface area contributed by atoms with Gasteiger partial charge in [-0.1, -0.05) is 55.4 Å². The first-order valence-electron chi connectivity index (χ1n) is 54.6. The molecule has 20 rings (SSSR count). The van der Waals surface area contributed by atoms with Crippen molar-refractivity contribution >= 4 is 40.7 Å². The van der Waals surface area contributed by atoms with E-state index < -0.39 is 22.4 Å². The zero-order chi connectivity index (χ0) is 99.3. The Bertz CT molecular complexity index is 5060. The number of fused-ring (bicyclic) bond motifs is 20. The Morgan fingerprint density at radius 3 is 0.892 bits per heavy atom. The average molecular weight is 1930 g/mol. The van der Waals surface area contributed by atoms with Gasteiger partial charge in [0.1, 0.15) is 0 Å². The summed E-state index contributed by atoms with van der Waals surface area (Å²) < 4.78 is 33.7. The van der Waals surface area contributed by atoms with Crippen LogP contribution >= 0.6 is 0 Å². The fourth-order valence-electron chi connectivity index (χ4n) is 36.9. The normalized spacial score (nSPS) is 42.9. The summed E-state index contributed by atoms with van der Waals surface area (Å²) >= 11 is 0. The van der Waals surface area contributed by atoms with E-state index in [2.05, 4.69) is 81.1 Å². The number of hydrogen-bond donors (Lipinski definition) is 5. The van der Waals surface area contributed by atoms with Crippen molar-refractivity contribution in [2.75, 3.05) is 82.6 Å². The zero-order valence-electron chi connectivity index (χ0n) is 87.7. The number of amides is 2. The van der Waals surface area contributed by atoms with Crippen molar-refractivity contribution in [3.63, 3.8) is 0 Å². The summed E-state index contributed by atoms with van der Waals surface area (Å²) in [6.07, 6.45) is 52.2. The minimum absolute atomic E-state index is 0.0163. The van der Waals surface area contributed by atoms with E-state index in [0.29, 0.717) is 156 Å². The molecule has 0 aromatic carbocycles. The molecule has 16 fully saturated rings. The van der Waals surface area contributed by atoms with Gasteiger partial charge in [-0.3, -0.25) is 52.3 Å². The number of rotatable bonds is 25. The largest absolute Gasteiger partial charge is 0.491 e. The minimum Gasteiger partial charge on any atom is -0.491 e. The van der Waals surface area contributed by atoms with Gasteiger partial charge in [-0.05, 0) is 383 Å². The van der Waals surface area contributed by atoms with Gasteiger partial charge in [0.05, 0.1) is 129 Å². The first-order chi connectivity index (χ1) is 66.0. The lowest BCUT2D eigenvalue weighted by Gasteiger charge is -2.62. The van der Waals surface area contributed by atoms with Crippen LogP contribution in [0.15, 0.2) is 49.6 Å². The van der Waals surface area contributed by atoms with Crippen LogP contribution in [0.3, 0.4) is 0 Å². The maximum Gasteiger partial charge on any atom is 0.256 e. The van der Waals surface area contributed by atoms with Gasteiger partial charge >= 0.3 is 0 Å². The molecule has 16 saturated carbocycles. The van der Waals surface area contributed by atoms with Crippen LogP contribution in [0.4, 0.5) is 0 Å². The third-order valence-corrected chi connectivity index (χ3v) is 44.1. The SMILES string of the molecule is CCOc1cnn(CC(=O)[C@H]2CC[C@H]3[C@@H]4CC[C@H]5C[C@@](O)(COC)CC[C@]5(C)[C@H]4CC[C@]23C)c1.CNC(=O)c1cnn(CC(=O)[C@H]2CC[C@H]3[C@@H]4CC[C@H]5C[C@@](O)(COC)CC[C@]5(C)[C@H]4CC[C@]23C)c1.COC[C@@]1(O)CC[C@@]2(C)[C@@H](CC[C@@H]3[C@@H]2CC[C@]2(C)[C@@H](C(=O)Cn4cc(C(=O)N(C)C)cn4)CC[C@@H]32)C1.COC[C@@]1(O)CC[C@@]2(C)[C@@H](CC[C@@H]3[C@@H]2CC[C@]2(C)[C@@H](C(=O)Cn4cc(C(C)=O)cn4)CC[C@@H]32)C1. The monoisotopic (exact) mass is 1930 g/mol. The Labute approximate surface area is 828 Å². The predicted octanol–water partition coefficient (Wildman–Crippen LogP) is 17.6. The topological polar surface area (TPSA) is 333 Å². The fourth-order valence-corrected chi connectivity index (χ4v) is 36.9. The van der Waals surface area contributed by atoms with E-state index >= 15 is 0 Å². The standard InChI is InChI=1S/C29H45N3O4.C28H43N3O4.C28H42N2O4.C28H44N2O4/c1-27-12-13-29(35,18-36-5)14-20(27)6-7-21-22-8-9-24(28(22,2)11-10-23(21)27)25(33)17-32-16-19(15-30-32)26(34)31(3)4;1-26-11-12-28(34,17-35-4)13-19(26)5-6-20-21-7-8-23(27(21,2)10-9-22(20)26)24(32)16-31-15-18(14-30-31)25(33)29-3;1-18(31)19-14-29-30(15-19)16-25(32)24-8-7-22-21-6-5-20-13-28(33,17-34-4)12-11-26(20,2)23(21)9-10-27(22,24)3;1-5-34-20-15-29-30(16-20)17-25(31)24-9-8-22-21-7-6-19-14-28(32,18-33-4)13-12-26(19,2)23(21)10-11-27(22,24)3/h15-16,20-24,35H,6-14,17-18H2,1-5H3;14-15,19-23,34H,5-13,16-17H2,1-4H3,(H,29,33);14-15,20-24,33H,5-13,16-17H2,1-4H3;15-16,19,21-24,32H,5-14,17-18H2,1-4H3/t20-,21-,22-,23-,24+,27-,28-,29+;19-,20-,21-,22-,23+,26-,27-,28+;20-,21-,22-,23-,24+,26-,27-,28+;19-,21-,22-,23-,24+,26-,27-,28+/m0000/s1. The molecule has 0 saturated heterocycles. The first-order valence-corrected chi connectivity index (χ1v) is 54.6. The maximum atomic E-state index is 13.6. The van der Waals surface area contributed by atoms with Gasteiger partial charge in [0.2, 0.25) is 0 Å². The van der Waals surface area contributed by atoms with Crippen molar-refractivity contribution in [2.24, 2.45) is 162 Å². The summed E-state index contributed by atoms with van der Waals surface area (Å²) in [6, 6.07) is 0. The molecule has 2 amide bonds. The van der Waals surface area contributed by atoms with Crippen LogP contribution in [0.2, 0.25) is 0 Å². The van der Waals surface area contributed by atoms with Crippen LogP contribution < -0.4 is 10.1 Å². The molecule has 5 N–H and O–H groups in total. The predicted molar refractivity (Wildman–Crippen MR) is 530 cm³/mol. The van der Waals surface area contributed by atoms with E-state index in [-0.39, 0.29) is 111 Å². The lowest BCUT2D eigenvalue weighted by molar-refractivity contribution is -0.164. The number of nitrogens with one attached hydrogen (secondary N) is 1. The van der Waals surface area contributed by atoms with E-state index in [1.54, 1.807) is 105 Å². The molecular weight excluding hydrogens is 1750 g/mol. The van der Waals surface area contributed by atoms with E-state index in [4.69, 9.17) is 23.7 Å². The molecule has 26 nitrogen and oxygen atoms in total. The second kappa shape index (κ2) is 40.1. The molecule has 32 atom stereocenters. The van der Waals surface area contributed by atoms with Crippen LogP contribution in [0.5, 0.6) is 5.75 Å². The molecule has 772 valence electrons. The lowest BCUT2D eigenvalue weighted by Crippen LogP contribution is -2.56. The van der Waals surface area contributed by atoms with Crippen LogP contribution in [-0.4, -0.2) is 210 Å². The van der Waals surface area contributed by atoms with Gasteiger partial charge in [-0.15, -0.1) is 0 Å². The van der Waals surface area contributed by atoms with Crippen molar-refractivity contribution < 1.29 is 77.7 Å². The van der Waals surface area contributed by atoms with Crippen LogP contribution in [-0.2, 0) is 64.3 Å². The van der Waals surface area contributed by atoms with E-state index in [1.165, 1.54) is 101 Å². The smallest absolute Gasteiger partial charge is 0.256 e. The van der Waals surface area contributed by atoms with Gasteiger partial charge in [0.15, 0.2) is 34.7 Å². The molecule has 0 spiro atoms. The second-order valence-electron chi connectivity index (χ2n) is 51.1. The van der Waals surface area contributed by atoms with E-state index in [0.717, 1.165) is 165 Å². The van der Waals surface area contributed by atoms with Crippen LogP contribution in [0.1, 0.15) is 331 Å². The molecule has 0 unspecified atom stereocenters. The third kappa shape index (κ3) is 19.3. The fraction of sp³-hybridized carbons (Fsp3) is 0.832. The number of hydrogen-bond acceptors (Lipinski definition) is 20. The van der Waals surface area contributed by atoms with Gasteiger partial charge in [-0.25, -0.2) is 0 Å².